The number of carbonyl (C=O) groups excluding carboxylic acids is 3. The minimum Gasteiger partial charge on any atom is -0.452 e. The zero-order valence-corrected chi connectivity index (χ0v) is 14.8. The van der Waals surface area contributed by atoms with Crippen LogP contribution in [0.5, 0.6) is 0 Å². The number of nitrogens with one attached hydrogen (secondary N) is 2. The van der Waals surface area contributed by atoms with Gasteiger partial charge in [-0.05, 0) is 54.8 Å². The summed E-state index contributed by atoms with van der Waals surface area (Å²) in [6, 6.07) is 13.0. The molecular weight excluding hydrogens is 364 g/mol. The Labute approximate surface area is 153 Å². The van der Waals surface area contributed by atoms with Crippen molar-refractivity contribution in [2.24, 2.45) is 0 Å². The van der Waals surface area contributed by atoms with E-state index in [1.807, 2.05) is 6.26 Å². The summed E-state index contributed by atoms with van der Waals surface area (Å²) >= 11 is 7.28. The van der Waals surface area contributed by atoms with Crippen LogP contribution in [0.25, 0.3) is 0 Å². The third-order valence-corrected chi connectivity index (χ3v) is 4.08. The van der Waals surface area contributed by atoms with Gasteiger partial charge in [-0.15, -0.1) is 11.8 Å². The van der Waals surface area contributed by atoms with E-state index in [1.54, 1.807) is 48.2 Å². The van der Waals surface area contributed by atoms with E-state index in [-0.39, 0.29) is 0 Å². The predicted octanol–water partition coefficient (Wildman–Crippen LogP) is 2.68. The zero-order chi connectivity index (χ0) is 18.2. The van der Waals surface area contributed by atoms with Crippen molar-refractivity contribution < 1.29 is 19.1 Å². The van der Waals surface area contributed by atoms with E-state index >= 15 is 0 Å². The Kier molecular flexibility index (Phi) is 6.85. The van der Waals surface area contributed by atoms with E-state index in [4.69, 9.17) is 16.3 Å². The Bertz CT molecular complexity index is 763. The lowest BCUT2D eigenvalue weighted by molar-refractivity contribution is -0.125. The van der Waals surface area contributed by atoms with Crippen LogP contribution in [-0.4, -0.2) is 30.6 Å². The Morgan fingerprint density at radius 2 is 1.56 bits per heavy atom. The van der Waals surface area contributed by atoms with Crippen molar-refractivity contribution in [1.82, 2.24) is 10.9 Å². The standard InChI is InChI=1S/C17H15ClN2O4S/c1-25-14-8-4-12(5-9-14)17(23)24-10-15(21)19-20-16(22)11-2-6-13(18)7-3-11/h2-9H,10H2,1H3,(H,19,21)(H,20,22). The number of hydrogen-bond acceptors (Lipinski definition) is 5. The summed E-state index contributed by atoms with van der Waals surface area (Å²) in [5, 5.41) is 0.498. The van der Waals surface area contributed by atoms with Crippen molar-refractivity contribution >= 4 is 41.1 Å². The molecule has 0 radical (unpaired) electrons. The minimum absolute atomic E-state index is 0.329. The molecule has 2 N–H and O–H groups in total. The van der Waals surface area contributed by atoms with E-state index < -0.39 is 24.4 Å². The van der Waals surface area contributed by atoms with Gasteiger partial charge in [0.1, 0.15) is 0 Å². The maximum atomic E-state index is 11.8. The second-order valence-electron chi connectivity index (χ2n) is 4.81. The predicted molar refractivity (Wildman–Crippen MR) is 95.6 cm³/mol. The van der Waals surface area contributed by atoms with Crippen molar-refractivity contribution in [2.45, 2.75) is 4.90 Å². The number of rotatable bonds is 5. The molecule has 0 atom stereocenters. The maximum Gasteiger partial charge on any atom is 0.338 e. The van der Waals surface area contributed by atoms with Gasteiger partial charge in [0.15, 0.2) is 6.61 Å². The van der Waals surface area contributed by atoms with Gasteiger partial charge in [0.2, 0.25) is 0 Å². The van der Waals surface area contributed by atoms with Crippen LogP contribution < -0.4 is 10.9 Å². The number of esters is 1. The number of hydrazine groups is 1. The Balaban J connectivity index is 1.77. The summed E-state index contributed by atoms with van der Waals surface area (Å²) in [6.45, 7) is -0.510. The smallest absolute Gasteiger partial charge is 0.338 e. The molecule has 0 unspecified atom stereocenters. The number of halogens is 1. The molecule has 2 rings (SSSR count). The quantitative estimate of drug-likeness (QED) is 0.474. The number of hydrogen-bond donors (Lipinski definition) is 2. The molecule has 8 heteroatoms. The van der Waals surface area contributed by atoms with Gasteiger partial charge in [0.05, 0.1) is 5.56 Å². The Morgan fingerprint density at radius 3 is 2.16 bits per heavy atom. The fourth-order valence-electron chi connectivity index (χ4n) is 1.78. The van der Waals surface area contributed by atoms with Gasteiger partial charge >= 0.3 is 5.97 Å². The van der Waals surface area contributed by atoms with Crippen molar-refractivity contribution in [3.05, 3.63) is 64.7 Å². The number of amides is 2. The van der Waals surface area contributed by atoms with Crippen molar-refractivity contribution in [3.8, 4) is 0 Å². The maximum absolute atomic E-state index is 11.8. The minimum atomic E-state index is -0.656. The largest absolute Gasteiger partial charge is 0.452 e. The molecule has 2 amide bonds. The van der Waals surface area contributed by atoms with Crippen LogP contribution in [0.4, 0.5) is 0 Å². The lowest BCUT2D eigenvalue weighted by atomic mass is 10.2. The topological polar surface area (TPSA) is 84.5 Å². The summed E-state index contributed by atoms with van der Waals surface area (Å²) in [6.07, 6.45) is 1.93. The molecule has 0 fully saturated rings. The Morgan fingerprint density at radius 1 is 0.960 bits per heavy atom. The van der Waals surface area contributed by atoms with E-state index in [1.165, 1.54) is 12.1 Å². The molecule has 0 aliphatic heterocycles. The second kappa shape index (κ2) is 9.10. The summed E-state index contributed by atoms with van der Waals surface area (Å²) in [4.78, 5) is 36.3. The monoisotopic (exact) mass is 378 g/mol. The number of thioether (sulfide) groups is 1. The highest BCUT2D eigenvalue weighted by Crippen LogP contribution is 2.15. The number of benzene rings is 2. The molecule has 6 nitrogen and oxygen atoms in total. The van der Waals surface area contributed by atoms with Crippen molar-refractivity contribution in [1.29, 1.82) is 0 Å². The highest BCUT2D eigenvalue weighted by Gasteiger charge is 2.11. The van der Waals surface area contributed by atoms with Gasteiger partial charge in [0.25, 0.3) is 11.8 Å². The van der Waals surface area contributed by atoms with E-state index in [0.29, 0.717) is 16.1 Å². The molecule has 2 aromatic carbocycles. The molecule has 0 heterocycles. The van der Waals surface area contributed by atoms with E-state index in [2.05, 4.69) is 10.9 Å². The average molecular weight is 379 g/mol. The summed E-state index contributed by atoms with van der Waals surface area (Å²) < 4.78 is 4.89. The molecule has 0 bridgehead atoms. The highest BCUT2D eigenvalue weighted by molar-refractivity contribution is 7.98. The van der Waals surface area contributed by atoms with Crippen LogP contribution in [-0.2, 0) is 9.53 Å². The van der Waals surface area contributed by atoms with Crippen LogP contribution in [0.1, 0.15) is 20.7 Å². The third kappa shape index (κ3) is 5.81. The van der Waals surface area contributed by atoms with Gasteiger partial charge < -0.3 is 4.74 Å². The molecule has 25 heavy (non-hydrogen) atoms. The van der Waals surface area contributed by atoms with Gasteiger partial charge in [-0.1, -0.05) is 11.6 Å². The van der Waals surface area contributed by atoms with Crippen LogP contribution in [0, 0.1) is 0 Å². The second-order valence-corrected chi connectivity index (χ2v) is 6.13. The molecule has 2 aromatic rings. The summed E-state index contributed by atoms with van der Waals surface area (Å²) in [7, 11) is 0. The lowest BCUT2D eigenvalue weighted by Gasteiger charge is -2.08. The molecular formula is C17H15ClN2O4S. The van der Waals surface area contributed by atoms with Gasteiger partial charge in [-0.3, -0.25) is 20.4 Å². The first-order valence-electron chi connectivity index (χ1n) is 7.15. The molecule has 0 aliphatic carbocycles. The van der Waals surface area contributed by atoms with E-state index in [0.717, 1.165) is 4.90 Å². The molecule has 0 saturated heterocycles. The Hall–Kier alpha value is -2.51. The molecule has 0 saturated carbocycles. The first-order valence-corrected chi connectivity index (χ1v) is 8.76. The van der Waals surface area contributed by atoms with Crippen LogP contribution >= 0.6 is 23.4 Å². The molecule has 0 spiro atoms. The zero-order valence-electron chi connectivity index (χ0n) is 13.2. The van der Waals surface area contributed by atoms with Crippen molar-refractivity contribution in [2.75, 3.05) is 12.9 Å². The van der Waals surface area contributed by atoms with Crippen molar-refractivity contribution in [3.63, 3.8) is 0 Å². The van der Waals surface area contributed by atoms with E-state index in [9.17, 15) is 14.4 Å². The first-order chi connectivity index (χ1) is 12.0. The normalized spacial score (nSPS) is 10.0. The molecule has 0 aromatic heterocycles. The van der Waals surface area contributed by atoms with Crippen LogP contribution in [0.2, 0.25) is 5.02 Å². The highest BCUT2D eigenvalue weighted by atomic mass is 35.5. The number of carbonyl (C=O) groups is 3. The SMILES string of the molecule is CSc1ccc(C(=O)OCC(=O)NNC(=O)c2ccc(Cl)cc2)cc1. The summed E-state index contributed by atoms with van der Waals surface area (Å²) in [5.41, 5.74) is 5.06. The number of ether oxygens (including phenoxy) is 1. The fraction of sp³-hybridized carbons (Fsp3) is 0.118. The van der Waals surface area contributed by atoms with Gasteiger partial charge in [-0.25, -0.2) is 4.79 Å². The average Bonchev–Trinajstić information content (AvgIpc) is 2.64. The lowest BCUT2D eigenvalue weighted by Crippen LogP contribution is -2.43. The third-order valence-electron chi connectivity index (χ3n) is 3.08. The van der Waals surface area contributed by atoms with Gasteiger partial charge in [0, 0.05) is 15.5 Å². The fourth-order valence-corrected chi connectivity index (χ4v) is 2.31. The molecule has 0 aliphatic rings. The molecule has 130 valence electrons. The first kappa shape index (κ1) is 18.8. The van der Waals surface area contributed by atoms with Crippen LogP contribution in [0.3, 0.4) is 0 Å². The van der Waals surface area contributed by atoms with Gasteiger partial charge in [-0.2, -0.15) is 0 Å². The van der Waals surface area contributed by atoms with Crippen LogP contribution in [0.15, 0.2) is 53.4 Å². The summed E-state index contributed by atoms with van der Waals surface area (Å²) in [5.74, 6) is -1.78.